The summed E-state index contributed by atoms with van der Waals surface area (Å²) in [5, 5.41) is 0. The van der Waals surface area contributed by atoms with E-state index in [0.29, 0.717) is 5.56 Å². The monoisotopic (exact) mass is 416 g/mol. The van der Waals surface area contributed by atoms with Gasteiger partial charge < -0.3 is 19.1 Å². The molecule has 2 fully saturated rings. The van der Waals surface area contributed by atoms with Gasteiger partial charge in [0, 0.05) is 19.6 Å². The average molecular weight is 416 g/mol. The van der Waals surface area contributed by atoms with Gasteiger partial charge in [0.25, 0.3) is 0 Å². The average Bonchev–Trinajstić information content (AvgIpc) is 3.26. The van der Waals surface area contributed by atoms with Gasteiger partial charge in [-0.2, -0.15) is 13.2 Å². The molecular weight excluding hydrogens is 393 g/mol. The lowest BCUT2D eigenvalue weighted by Crippen LogP contribution is -2.55. The van der Waals surface area contributed by atoms with E-state index in [1.54, 1.807) is 30.3 Å². The van der Waals surface area contributed by atoms with Crippen LogP contribution in [0.4, 0.5) is 18.0 Å². The molecule has 2 amide bonds. The molecule has 0 unspecified atom stereocenters. The lowest BCUT2D eigenvalue weighted by molar-refractivity contribution is -0.190. The molecule has 0 radical (unpaired) electrons. The number of benzene rings is 1. The molecule has 0 aliphatic carbocycles. The summed E-state index contributed by atoms with van der Waals surface area (Å²) in [5.74, 6) is -2.44. The summed E-state index contributed by atoms with van der Waals surface area (Å²) in [6.45, 7) is 0.0147. The Kier molecular flexibility index (Phi) is 6.33. The van der Waals surface area contributed by atoms with Gasteiger partial charge in [0.1, 0.15) is 0 Å². The highest BCUT2D eigenvalue weighted by molar-refractivity contribution is 5.82. The molecule has 0 N–H and O–H groups in total. The number of fused-ring (bicyclic) bond motifs is 1. The molecule has 1 aromatic rings. The second-order valence-electron chi connectivity index (χ2n) is 7.08. The highest BCUT2D eigenvalue weighted by Gasteiger charge is 2.59. The number of rotatable bonds is 5. The SMILES string of the molecule is COC[C@H]1[C@@H](N(Cc2ccccc2)C(=O)C(F)(F)F)[C@H]2COC[C@H]2N1C(=O)OC. The van der Waals surface area contributed by atoms with Gasteiger partial charge >= 0.3 is 18.2 Å². The number of ether oxygens (including phenoxy) is 3. The van der Waals surface area contributed by atoms with Crippen molar-refractivity contribution in [2.24, 2.45) is 5.92 Å². The summed E-state index contributed by atoms with van der Waals surface area (Å²) in [7, 11) is 2.59. The molecule has 0 spiro atoms. The molecule has 2 saturated heterocycles. The maximum absolute atomic E-state index is 13.5. The van der Waals surface area contributed by atoms with Crippen molar-refractivity contribution in [3.8, 4) is 0 Å². The predicted octanol–water partition coefficient (Wildman–Crippen LogP) is 2.06. The zero-order valence-electron chi connectivity index (χ0n) is 16.1. The van der Waals surface area contributed by atoms with Gasteiger partial charge in [0.05, 0.1) is 45.1 Å². The van der Waals surface area contributed by atoms with E-state index in [9.17, 15) is 22.8 Å². The summed E-state index contributed by atoms with van der Waals surface area (Å²) in [6, 6.07) is 6.20. The Hall–Kier alpha value is -2.33. The standard InChI is InChI=1S/C19H23F3N2O5/c1-27-10-15-16(13-9-29-11-14(13)24(15)18(26)28-2)23(17(25)19(20,21)22)8-12-6-4-3-5-7-12/h3-7,13-16H,8-11H2,1-2H3/t13-,14+,15-,16-/m0/s1. The second-order valence-corrected chi connectivity index (χ2v) is 7.08. The van der Waals surface area contributed by atoms with Crippen LogP contribution < -0.4 is 0 Å². The Morgan fingerprint density at radius 1 is 1.21 bits per heavy atom. The molecule has 160 valence electrons. The maximum Gasteiger partial charge on any atom is 0.471 e. The molecule has 1 aromatic carbocycles. The summed E-state index contributed by atoms with van der Waals surface area (Å²) >= 11 is 0. The van der Waals surface area contributed by atoms with Gasteiger partial charge in [0.15, 0.2) is 0 Å². The van der Waals surface area contributed by atoms with E-state index in [1.165, 1.54) is 19.1 Å². The Morgan fingerprint density at radius 3 is 2.48 bits per heavy atom. The smallest absolute Gasteiger partial charge is 0.453 e. The fraction of sp³-hybridized carbons (Fsp3) is 0.579. The Morgan fingerprint density at radius 2 is 1.90 bits per heavy atom. The van der Waals surface area contributed by atoms with Crippen molar-refractivity contribution in [1.29, 1.82) is 0 Å². The number of hydrogen-bond donors (Lipinski definition) is 0. The fourth-order valence-corrected chi connectivity index (χ4v) is 4.29. The number of carbonyl (C=O) groups is 2. The number of nitrogens with zero attached hydrogens (tertiary/aromatic N) is 2. The van der Waals surface area contributed by atoms with Crippen LogP contribution in [0.2, 0.25) is 0 Å². The molecule has 0 saturated carbocycles. The largest absolute Gasteiger partial charge is 0.471 e. The molecule has 4 atom stereocenters. The summed E-state index contributed by atoms with van der Waals surface area (Å²) < 4.78 is 55.9. The first kappa shape index (κ1) is 21.4. The number of halogens is 3. The van der Waals surface area contributed by atoms with Gasteiger partial charge in [-0.15, -0.1) is 0 Å². The van der Waals surface area contributed by atoms with Gasteiger partial charge in [-0.1, -0.05) is 30.3 Å². The lowest BCUT2D eigenvalue weighted by Gasteiger charge is -2.37. The van der Waals surface area contributed by atoms with Crippen molar-refractivity contribution in [3.63, 3.8) is 0 Å². The molecule has 7 nitrogen and oxygen atoms in total. The number of likely N-dealkylation sites (tertiary alicyclic amines) is 1. The van der Waals surface area contributed by atoms with E-state index in [1.807, 2.05) is 0 Å². The molecule has 0 aromatic heterocycles. The predicted molar refractivity (Wildman–Crippen MR) is 94.8 cm³/mol. The molecule has 3 rings (SSSR count). The van der Waals surface area contributed by atoms with Crippen LogP contribution in [0.1, 0.15) is 5.56 Å². The van der Waals surface area contributed by atoms with Gasteiger partial charge in [-0.3, -0.25) is 9.69 Å². The first-order chi connectivity index (χ1) is 13.8. The fourth-order valence-electron chi connectivity index (χ4n) is 4.29. The van der Waals surface area contributed by atoms with E-state index < -0.39 is 42.2 Å². The number of hydrogen-bond acceptors (Lipinski definition) is 5. The first-order valence-corrected chi connectivity index (χ1v) is 9.14. The van der Waals surface area contributed by atoms with Crippen LogP contribution in [0, 0.1) is 5.92 Å². The van der Waals surface area contributed by atoms with Crippen LogP contribution in [0.15, 0.2) is 30.3 Å². The summed E-state index contributed by atoms with van der Waals surface area (Å²) in [6.07, 6.45) is -5.74. The van der Waals surface area contributed by atoms with Gasteiger partial charge in [-0.25, -0.2) is 4.79 Å². The van der Waals surface area contributed by atoms with Crippen molar-refractivity contribution >= 4 is 12.0 Å². The minimum Gasteiger partial charge on any atom is -0.453 e. The maximum atomic E-state index is 13.5. The van der Waals surface area contributed by atoms with Crippen LogP contribution in [0.3, 0.4) is 0 Å². The third-order valence-electron chi connectivity index (χ3n) is 5.42. The Labute approximate surface area is 166 Å². The normalized spacial score (nSPS) is 26.3. The first-order valence-electron chi connectivity index (χ1n) is 9.14. The molecule has 29 heavy (non-hydrogen) atoms. The number of carbonyl (C=O) groups excluding carboxylic acids is 2. The van der Waals surface area contributed by atoms with Crippen molar-refractivity contribution in [2.45, 2.75) is 30.8 Å². The van der Waals surface area contributed by atoms with E-state index in [4.69, 9.17) is 14.2 Å². The molecule has 2 heterocycles. The van der Waals surface area contributed by atoms with Crippen LogP contribution in [0.25, 0.3) is 0 Å². The zero-order valence-corrected chi connectivity index (χ0v) is 16.1. The topological polar surface area (TPSA) is 68.3 Å². The molecular formula is C19H23F3N2O5. The highest BCUT2D eigenvalue weighted by Crippen LogP contribution is 2.40. The number of methoxy groups -OCH3 is 2. The zero-order chi connectivity index (χ0) is 21.2. The summed E-state index contributed by atoms with van der Waals surface area (Å²) in [4.78, 5) is 27.0. The Balaban J connectivity index is 2.03. The minimum absolute atomic E-state index is 0.0385. The van der Waals surface area contributed by atoms with Crippen molar-refractivity contribution in [2.75, 3.05) is 34.0 Å². The van der Waals surface area contributed by atoms with E-state index >= 15 is 0 Å². The molecule has 10 heteroatoms. The highest BCUT2D eigenvalue weighted by atomic mass is 19.4. The van der Waals surface area contributed by atoms with Crippen molar-refractivity contribution in [1.82, 2.24) is 9.80 Å². The van der Waals surface area contributed by atoms with E-state index in [2.05, 4.69) is 0 Å². The Bertz CT molecular complexity index is 730. The number of amides is 2. The third-order valence-corrected chi connectivity index (χ3v) is 5.42. The minimum atomic E-state index is -5.06. The molecule has 0 bridgehead atoms. The van der Waals surface area contributed by atoms with Gasteiger partial charge in [-0.05, 0) is 5.56 Å². The summed E-state index contributed by atoms with van der Waals surface area (Å²) in [5.41, 5.74) is 0.549. The molecule has 2 aliphatic rings. The van der Waals surface area contributed by atoms with E-state index in [0.717, 1.165) is 4.90 Å². The van der Waals surface area contributed by atoms with Crippen LogP contribution in [-0.4, -0.2) is 80.1 Å². The van der Waals surface area contributed by atoms with Crippen LogP contribution in [0.5, 0.6) is 0 Å². The molecule has 2 aliphatic heterocycles. The van der Waals surface area contributed by atoms with Crippen molar-refractivity contribution in [3.05, 3.63) is 35.9 Å². The number of alkyl halides is 3. The van der Waals surface area contributed by atoms with Gasteiger partial charge in [0.2, 0.25) is 0 Å². The van der Waals surface area contributed by atoms with Crippen LogP contribution in [-0.2, 0) is 25.5 Å². The van der Waals surface area contributed by atoms with Crippen molar-refractivity contribution < 1.29 is 37.0 Å². The lowest BCUT2D eigenvalue weighted by atomic mass is 9.94. The quantitative estimate of drug-likeness (QED) is 0.735. The second kappa shape index (κ2) is 8.58. The van der Waals surface area contributed by atoms with E-state index in [-0.39, 0.29) is 26.4 Å². The van der Waals surface area contributed by atoms with Crippen LogP contribution >= 0.6 is 0 Å². The third kappa shape index (κ3) is 4.18.